The second kappa shape index (κ2) is 8.85. The number of rotatable bonds is 8. The zero-order chi connectivity index (χ0) is 18.4. The SMILES string of the molecule is C=CCOCC(NC(=O)c1cc(C)n(C2CCCCC2)c1C)C(=O)O. The van der Waals surface area contributed by atoms with Crippen LogP contribution in [0.25, 0.3) is 0 Å². The number of carbonyl (C=O) groups is 2. The monoisotopic (exact) mass is 348 g/mol. The molecule has 1 unspecified atom stereocenters. The van der Waals surface area contributed by atoms with Gasteiger partial charge in [0.05, 0.1) is 18.8 Å². The number of ether oxygens (including phenoxy) is 1. The highest BCUT2D eigenvalue weighted by atomic mass is 16.5. The Morgan fingerprint density at radius 1 is 1.40 bits per heavy atom. The van der Waals surface area contributed by atoms with Gasteiger partial charge in [-0.3, -0.25) is 4.79 Å². The summed E-state index contributed by atoms with van der Waals surface area (Å²) < 4.78 is 7.41. The summed E-state index contributed by atoms with van der Waals surface area (Å²) in [4.78, 5) is 23.9. The van der Waals surface area contributed by atoms with E-state index in [0.717, 1.165) is 24.2 Å². The normalized spacial score (nSPS) is 16.4. The minimum absolute atomic E-state index is 0.0888. The predicted octanol–water partition coefficient (Wildman–Crippen LogP) is 3.00. The van der Waals surface area contributed by atoms with E-state index in [2.05, 4.69) is 16.5 Å². The molecule has 0 bridgehead atoms. The number of aryl methyl sites for hydroxylation is 1. The minimum atomic E-state index is -1.11. The lowest BCUT2D eigenvalue weighted by molar-refractivity contribution is -0.140. The van der Waals surface area contributed by atoms with E-state index in [0.29, 0.717) is 11.6 Å². The first-order valence-corrected chi connectivity index (χ1v) is 8.86. The average molecular weight is 348 g/mol. The lowest BCUT2D eigenvalue weighted by Crippen LogP contribution is -2.44. The molecule has 1 atom stereocenters. The Bertz CT molecular complexity index is 630. The molecule has 25 heavy (non-hydrogen) atoms. The fraction of sp³-hybridized carbons (Fsp3) is 0.579. The molecule has 1 heterocycles. The van der Waals surface area contributed by atoms with E-state index >= 15 is 0 Å². The third kappa shape index (κ3) is 4.72. The van der Waals surface area contributed by atoms with Crippen molar-refractivity contribution < 1.29 is 19.4 Å². The molecule has 0 aliphatic heterocycles. The van der Waals surface area contributed by atoms with Crippen molar-refractivity contribution in [1.82, 2.24) is 9.88 Å². The third-order valence-electron chi connectivity index (χ3n) is 4.79. The molecule has 1 saturated carbocycles. The van der Waals surface area contributed by atoms with Crippen LogP contribution in [0, 0.1) is 13.8 Å². The van der Waals surface area contributed by atoms with Gasteiger partial charge in [-0.05, 0) is 32.8 Å². The molecule has 1 aromatic heterocycles. The molecule has 0 spiro atoms. The molecule has 0 saturated heterocycles. The number of aromatic nitrogens is 1. The quantitative estimate of drug-likeness (QED) is 0.559. The lowest BCUT2D eigenvalue weighted by atomic mass is 9.95. The number of hydrogen-bond acceptors (Lipinski definition) is 3. The first-order valence-electron chi connectivity index (χ1n) is 8.86. The van der Waals surface area contributed by atoms with Crippen molar-refractivity contribution in [2.24, 2.45) is 0 Å². The van der Waals surface area contributed by atoms with Crippen molar-refractivity contribution in [3.05, 3.63) is 35.7 Å². The number of amides is 1. The van der Waals surface area contributed by atoms with Gasteiger partial charge in [-0.25, -0.2) is 4.79 Å². The summed E-state index contributed by atoms with van der Waals surface area (Å²) in [5.41, 5.74) is 2.49. The van der Waals surface area contributed by atoms with E-state index < -0.39 is 12.0 Å². The smallest absolute Gasteiger partial charge is 0.328 e. The highest BCUT2D eigenvalue weighted by molar-refractivity contribution is 5.97. The summed E-state index contributed by atoms with van der Waals surface area (Å²) in [5.74, 6) is -1.48. The fourth-order valence-electron chi connectivity index (χ4n) is 3.59. The van der Waals surface area contributed by atoms with Crippen LogP contribution >= 0.6 is 0 Å². The molecule has 138 valence electrons. The number of aliphatic carboxylic acids is 1. The maximum absolute atomic E-state index is 12.6. The molecular weight excluding hydrogens is 320 g/mol. The number of carboxylic acid groups (broad SMARTS) is 1. The summed E-state index contributed by atoms with van der Waals surface area (Å²) in [6, 6.07) is 1.20. The van der Waals surface area contributed by atoms with E-state index in [1.54, 1.807) is 6.08 Å². The molecule has 6 nitrogen and oxygen atoms in total. The van der Waals surface area contributed by atoms with Crippen molar-refractivity contribution in [2.75, 3.05) is 13.2 Å². The van der Waals surface area contributed by atoms with E-state index in [9.17, 15) is 14.7 Å². The fourth-order valence-corrected chi connectivity index (χ4v) is 3.59. The minimum Gasteiger partial charge on any atom is -0.480 e. The standard InChI is InChI=1S/C19H28N2O4/c1-4-10-25-12-17(19(23)24)20-18(22)16-11-13(2)21(14(16)3)15-8-6-5-7-9-15/h4,11,15,17H,1,5-10,12H2,2-3H3,(H,20,22)(H,23,24). The van der Waals surface area contributed by atoms with Crippen LogP contribution in [0.2, 0.25) is 0 Å². The first kappa shape index (κ1) is 19.2. The second-order valence-electron chi connectivity index (χ2n) is 6.64. The number of nitrogens with zero attached hydrogens (tertiary/aromatic N) is 1. The van der Waals surface area contributed by atoms with Gasteiger partial charge in [0.2, 0.25) is 0 Å². The van der Waals surface area contributed by atoms with Gasteiger partial charge in [-0.1, -0.05) is 25.3 Å². The summed E-state index contributed by atoms with van der Waals surface area (Å²) in [6.07, 6.45) is 7.50. The van der Waals surface area contributed by atoms with Gasteiger partial charge >= 0.3 is 5.97 Å². The molecular formula is C19H28N2O4. The largest absolute Gasteiger partial charge is 0.480 e. The molecule has 1 aromatic rings. The zero-order valence-electron chi connectivity index (χ0n) is 15.1. The molecule has 6 heteroatoms. The Labute approximate surface area is 148 Å². The molecule has 1 fully saturated rings. The van der Waals surface area contributed by atoms with Crippen molar-refractivity contribution >= 4 is 11.9 Å². The Morgan fingerprint density at radius 3 is 2.68 bits per heavy atom. The van der Waals surface area contributed by atoms with Crippen LogP contribution in [0.5, 0.6) is 0 Å². The van der Waals surface area contributed by atoms with Gasteiger partial charge in [0.15, 0.2) is 6.04 Å². The number of carbonyl (C=O) groups excluding carboxylic acids is 1. The van der Waals surface area contributed by atoms with Crippen molar-refractivity contribution in [3.8, 4) is 0 Å². The number of hydrogen-bond donors (Lipinski definition) is 2. The molecule has 2 N–H and O–H groups in total. The Morgan fingerprint density at radius 2 is 2.08 bits per heavy atom. The molecule has 0 radical (unpaired) electrons. The van der Waals surface area contributed by atoms with Gasteiger partial charge in [0.25, 0.3) is 5.91 Å². The van der Waals surface area contributed by atoms with Crippen LogP contribution in [0.3, 0.4) is 0 Å². The van der Waals surface area contributed by atoms with Crippen LogP contribution in [-0.4, -0.2) is 40.8 Å². The number of nitrogens with one attached hydrogen (secondary N) is 1. The van der Waals surface area contributed by atoms with E-state index in [1.165, 1.54) is 19.3 Å². The Balaban J connectivity index is 2.12. The van der Waals surface area contributed by atoms with Gasteiger partial charge in [-0.2, -0.15) is 0 Å². The molecule has 1 amide bonds. The summed E-state index contributed by atoms with van der Waals surface area (Å²) >= 11 is 0. The maximum atomic E-state index is 12.6. The van der Waals surface area contributed by atoms with E-state index in [-0.39, 0.29) is 19.1 Å². The topological polar surface area (TPSA) is 80.6 Å². The van der Waals surface area contributed by atoms with Crippen LogP contribution < -0.4 is 5.32 Å². The Kier molecular flexibility index (Phi) is 6.82. The zero-order valence-corrected chi connectivity index (χ0v) is 15.1. The maximum Gasteiger partial charge on any atom is 0.328 e. The van der Waals surface area contributed by atoms with Crippen LogP contribution in [0.4, 0.5) is 0 Å². The lowest BCUT2D eigenvalue weighted by Gasteiger charge is -2.26. The summed E-state index contributed by atoms with van der Waals surface area (Å²) in [6.45, 7) is 7.61. The van der Waals surface area contributed by atoms with Gasteiger partial charge in [-0.15, -0.1) is 6.58 Å². The van der Waals surface area contributed by atoms with Gasteiger partial charge < -0.3 is 19.7 Å². The predicted molar refractivity (Wildman–Crippen MR) is 95.9 cm³/mol. The third-order valence-corrected chi connectivity index (χ3v) is 4.79. The summed E-state index contributed by atoms with van der Waals surface area (Å²) in [7, 11) is 0. The molecule has 2 rings (SSSR count). The van der Waals surface area contributed by atoms with Gasteiger partial charge in [0, 0.05) is 17.4 Å². The highest BCUT2D eigenvalue weighted by Crippen LogP contribution is 2.32. The Hall–Kier alpha value is -2.08. The van der Waals surface area contributed by atoms with Gasteiger partial charge in [0.1, 0.15) is 0 Å². The van der Waals surface area contributed by atoms with Crippen molar-refractivity contribution in [2.45, 2.75) is 58.0 Å². The van der Waals surface area contributed by atoms with E-state index in [1.807, 2.05) is 19.9 Å². The second-order valence-corrected chi connectivity index (χ2v) is 6.64. The average Bonchev–Trinajstić information content (AvgIpc) is 2.89. The van der Waals surface area contributed by atoms with Crippen molar-refractivity contribution in [3.63, 3.8) is 0 Å². The van der Waals surface area contributed by atoms with Crippen molar-refractivity contribution in [1.29, 1.82) is 0 Å². The molecule has 1 aliphatic rings. The summed E-state index contributed by atoms with van der Waals surface area (Å²) in [5, 5.41) is 11.8. The highest BCUT2D eigenvalue weighted by Gasteiger charge is 2.26. The van der Waals surface area contributed by atoms with Crippen LogP contribution in [0.15, 0.2) is 18.7 Å². The number of carboxylic acids is 1. The van der Waals surface area contributed by atoms with Crippen LogP contribution in [-0.2, 0) is 9.53 Å². The molecule has 1 aliphatic carbocycles. The van der Waals surface area contributed by atoms with Crippen LogP contribution in [0.1, 0.15) is 59.9 Å². The first-order chi connectivity index (χ1) is 12.0. The molecule has 0 aromatic carbocycles. The van der Waals surface area contributed by atoms with E-state index in [4.69, 9.17) is 4.74 Å².